The van der Waals surface area contributed by atoms with Crippen LogP contribution in [0.5, 0.6) is 0 Å². The van der Waals surface area contributed by atoms with Crippen LogP contribution in [0.4, 0.5) is 0 Å². The maximum Gasteiger partial charge on any atom is 0.191 e. The molecule has 2 fully saturated rings. The Bertz CT molecular complexity index is 603. The zero-order chi connectivity index (χ0) is 19.8. The van der Waals surface area contributed by atoms with Gasteiger partial charge in [-0.25, -0.2) is 0 Å². The lowest BCUT2D eigenvalue weighted by molar-refractivity contribution is 0.134. The minimum Gasteiger partial charge on any atom is -0.356 e. The van der Waals surface area contributed by atoms with Gasteiger partial charge >= 0.3 is 0 Å². The quantitative estimate of drug-likeness (QED) is 0.333. The number of nitrogens with one attached hydrogen (secondary N) is 2. The molecule has 0 aliphatic carbocycles. The summed E-state index contributed by atoms with van der Waals surface area (Å²) in [7, 11) is 1.88. The third-order valence-corrected chi connectivity index (χ3v) is 6.19. The molecule has 2 aliphatic heterocycles. The molecule has 3 atom stereocenters. The Labute approximate surface area is 194 Å². The lowest BCUT2D eigenvalue weighted by Gasteiger charge is -2.38. The fourth-order valence-electron chi connectivity index (χ4n) is 4.53. The summed E-state index contributed by atoms with van der Waals surface area (Å²) in [5.74, 6) is 1.60. The van der Waals surface area contributed by atoms with Crippen molar-refractivity contribution in [1.29, 1.82) is 0 Å². The van der Waals surface area contributed by atoms with Gasteiger partial charge in [0.15, 0.2) is 5.96 Å². The largest absolute Gasteiger partial charge is 0.356 e. The van der Waals surface area contributed by atoms with Gasteiger partial charge in [-0.3, -0.25) is 9.89 Å². The normalized spacial score (nSPS) is 24.7. The van der Waals surface area contributed by atoms with Crippen molar-refractivity contribution in [3.8, 4) is 0 Å². The van der Waals surface area contributed by atoms with Crippen LogP contribution in [-0.2, 0) is 6.54 Å². The maximum atomic E-state index is 4.46. The van der Waals surface area contributed by atoms with E-state index in [1.807, 2.05) is 7.05 Å². The summed E-state index contributed by atoms with van der Waals surface area (Å²) in [6, 6.07) is 11.9. The summed E-state index contributed by atoms with van der Waals surface area (Å²) in [6.45, 7) is 11.6. The van der Waals surface area contributed by atoms with Crippen molar-refractivity contribution < 1.29 is 0 Å². The molecule has 6 heteroatoms. The minimum absolute atomic E-state index is 0. The molecular formula is C23H40IN5. The molecule has 2 N–H and O–H groups in total. The minimum atomic E-state index is 0. The van der Waals surface area contributed by atoms with Crippen LogP contribution in [0.3, 0.4) is 0 Å². The predicted octanol–water partition coefficient (Wildman–Crippen LogP) is 3.55. The van der Waals surface area contributed by atoms with Gasteiger partial charge in [-0.2, -0.15) is 0 Å². The molecule has 5 nitrogen and oxygen atoms in total. The first-order valence-electron chi connectivity index (χ1n) is 11.1. The Hall–Kier alpha value is -0.860. The molecule has 0 spiro atoms. The van der Waals surface area contributed by atoms with Crippen LogP contribution in [0, 0.1) is 5.92 Å². The van der Waals surface area contributed by atoms with E-state index in [0.29, 0.717) is 18.0 Å². The van der Waals surface area contributed by atoms with Gasteiger partial charge in [-0.05, 0) is 57.2 Å². The second kappa shape index (κ2) is 12.7. The van der Waals surface area contributed by atoms with Crippen LogP contribution in [0.15, 0.2) is 35.3 Å². The monoisotopic (exact) mass is 513 g/mol. The Morgan fingerprint density at radius 2 is 1.90 bits per heavy atom. The van der Waals surface area contributed by atoms with E-state index in [4.69, 9.17) is 0 Å². The lowest BCUT2D eigenvalue weighted by Crippen LogP contribution is -2.51. The van der Waals surface area contributed by atoms with E-state index >= 15 is 0 Å². The molecule has 29 heavy (non-hydrogen) atoms. The van der Waals surface area contributed by atoms with Gasteiger partial charge < -0.3 is 15.5 Å². The van der Waals surface area contributed by atoms with Gasteiger partial charge in [-0.15, -0.1) is 24.0 Å². The smallest absolute Gasteiger partial charge is 0.191 e. The van der Waals surface area contributed by atoms with Gasteiger partial charge in [0.05, 0.1) is 0 Å². The molecule has 0 aromatic heterocycles. The fraction of sp³-hybridized carbons (Fsp3) is 0.696. The van der Waals surface area contributed by atoms with E-state index in [-0.39, 0.29) is 24.0 Å². The number of rotatable bonds is 7. The molecule has 164 valence electrons. The van der Waals surface area contributed by atoms with Gasteiger partial charge in [-0.1, -0.05) is 37.3 Å². The molecule has 0 bridgehead atoms. The summed E-state index contributed by atoms with van der Waals surface area (Å²) in [5, 5.41) is 7.22. The molecule has 0 saturated carbocycles. The van der Waals surface area contributed by atoms with E-state index < -0.39 is 0 Å². The Balaban J connectivity index is 0.00000300. The summed E-state index contributed by atoms with van der Waals surface area (Å²) < 4.78 is 0. The number of aliphatic imine (C=N–C) groups is 1. The Morgan fingerprint density at radius 1 is 1.17 bits per heavy atom. The van der Waals surface area contributed by atoms with Crippen LogP contribution in [0.2, 0.25) is 0 Å². The van der Waals surface area contributed by atoms with E-state index in [1.165, 1.54) is 44.5 Å². The molecule has 0 radical (unpaired) electrons. The lowest BCUT2D eigenvalue weighted by atomic mass is 9.97. The Morgan fingerprint density at radius 3 is 2.55 bits per heavy atom. The molecule has 2 saturated heterocycles. The van der Waals surface area contributed by atoms with Crippen LogP contribution < -0.4 is 10.6 Å². The number of halogens is 1. The first kappa shape index (κ1) is 24.4. The highest BCUT2D eigenvalue weighted by molar-refractivity contribution is 14.0. The summed E-state index contributed by atoms with van der Waals surface area (Å²) in [5.41, 5.74) is 1.41. The highest BCUT2D eigenvalue weighted by Crippen LogP contribution is 2.20. The number of benzene rings is 1. The number of guanidine groups is 1. The van der Waals surface area contributed by atoms with Crippen molar-refractivity contribution in [3.05, 3.63) is 35.9 Å². The van der Waals surface area contributed by atoms with E-state index in [0.717, 1.165) is 32.0 Å². The van der Waals surface area contributed by atoms with Crippen LogP contribution in [0.1, 0.15) is 45.1 Å². The van der Waals surface area contributed by atoms with Crippen molar-refractivity contribution in [3.63, 3.8) is 0 Å². The first-order valence-corrected chi connectivity index (χ1v) is 11.1. The SMILES string of the molecule is CN=C(NCC(C)CN1CCCC1)NC1CCN(Cc2ccccc2)C(C)C1.I. The summed E-state index contributed by atoms with van der Waals surface area (Å²) in [4.78, 5) is 9.65. The topological polar surface area (TPSA) is 42.9 Å². The number of nitrogens with zero attached hydrogens (tertiary/aromatic N) is 3. The van der Waals surface area contributed by atoms with Crippen molar-refractivity contribution in [2.24, 2.45) is 10.9 Å². The van der Waals surface area contributed by atoms with E-state index in [2.05, 4.69) is 69.6 Å². The Kier molecular flexibility index (Phi) is 10.7. The summed E-state index contributed by atoms with van der Waals surface area (Å²) in [6.07, 6.45) is 5.06. The predicted molar refractivity (Wildman–Crippen MR) is 134 cm³/mol. The summed E-state index contributed by atoms with van der Waals surface area (Å²) >= 11 is 0. The van der Waals surface area contributed by atoms with E-state index in [1.54, 1.807) is 0 Å². The average molecular weight is 514 g/mol. The number of hydrogen-bond donors (Lipinski definition) is 2. The highest BCUT2D eigenvalue weighted by atomic mass is 127. The highest BCUT2D eigenvalue weighted by Gasteiger charge is 2.26. The number of likely N-dealkylation sites (tertiary alicyclic amines) is 2. The third kappa shape index (κ3) is 8.06. The standard InChI is InChI=1S/C23H39N5.HI/c1-19(17-27-12-7-8-13-27)16-25-23(24-3)26-22-11-14-28(20(2)15-22)18-21-9-5-4-6-10-21;/h4-6,9-10,19-20,22H,7-8,11-18H2,1-3H3,(H2,24,25,26);1H. The fourth-order valence-corrected chi connectivity index (χ4v) is 4.53. The van der Waals surface area contributed by atoms with Crippen molar-refractivity contribution in [2.45, 2.75) is 58.2 Å². The molecular weight excluding hydrogens is 473 g/mol. The van der Waals surface area contributed by atoms with Crippen molar-refractivity contribution >= 4 is 29.9 Å². The molecule has 2 heterocycles. The van der Waals surface area contributed by atoms with Crippen molar-refractivity contribution in [2.75, 3.05) is 39.8 Å². The van der Waals surface area contributed by atoms with Crippen LogP contribution in [-0.4, -0.2) is 67.6 Å². The van der Waals surface area contributed by atoms with Gasteiger partial charge in [0.25, 0.3) is 0 Å². The first-order chi connectivity index (χ1) is 13.6. The van der Waals surface area contributed by atoms with Gasteiger partial charge in [0.1, 0.15) is 0 Å². The van der Waals surface area contributed by atoms with E-state index in [9.17, 15) is 0 Å². The van der Waals surface area contributed by atoms with Gasteiger partial charge in [0, 0.05) is 45.3 Å². The second-order valence-corrected chi connectivity index (χ2v) is 8.74. The molecule has 0 amide bonds. The number of piperidine rings is 1. The van der Waals surface area contributed by atoms with Gasteiger partial charge in [0.2, 0.25) is 0 Å². The maximum absolute atomic E-state index is 4.46. The third-order valence-electron chi connectivity index (χ3n) is 6.19. The van der Waals surface area contributed by atoms with Crippen LogP contribution >= 0.6 is 24.0 Å². The molecule has 1 aromatic rings. The second-order valence-electron chi connectivity index (χ2n) is 8.74. The van der Waals surface area contributed by atoms with Crippen molar-refractivity contribution in [1.82, 2.24) is 20.4 Å². The average Bonchev–Trinajstić information content (AvgIpc) is 3.21. The van der Waals surface area contributed by atoms with Crippen LogP contribution in [0.25, 0.3) is 0 Å². The zero-order valence-electron chi connectivity index (χ0n) is 18.4. The molecule has 3 rings (SSSR count). The number of hydrogen-bond acceptors (Lipinski definition) is 3. The molecule has 1 aromatic carbocycles. The molecule has 2 aliphatic rings. The molecule has 3 unspecified atom stereocenters. The zero-order valence-corrected chi connectivity index (χ0v) is 20.8.